The molecular formula is C20H14ClFN2O. The van der Waals surface area contributed by atoms with Crippen LogP contribution in [0, 0.1) is 5.82 Å². The summed E-state index contributed by atoms with van der Waals surface area (Å²) in [6.45, 7) is 0.524. The van der Waals surface area contributed by atoms with E-state index in [-0.39, 0.29) is 10.6 Å². The molecule has 0 spiro atoms. The lowest BCUT2D eigenvalue weighted by Gasteiger charge is -2.08. The third-order valence-corrected chi connectivity index (χ3v) is 4.65. The number of amides is 1. The second-order valence-electron chi connectivity index (χ2n) is 6.00. The summed E-state index contributed by atoms with van der Waals surface area (Å²) in [6.07, 6.45) is 1.65. The Kier molecular flexibility index (Phi) is 3.70. The van der Waals surface area contributed by atoms with Crippen LogP contribution in [0.5, 0.6) is 0 Å². The average Bonchev–Trinajstić information content (AvgIpc) is 2.93. The van der Waals surface area contributed by atoms with Crippen molar-refractivity contribution in [1.29, 1.82) is 0 Å². The molecule has 0 bridgehead atoms. The third-order valence-electron chi connectivity index (χ3n) is 4.36. The van der Waals surface area contributed by atoms with Crippen LogP contribution in [0.25, 0.3) is 21.7 Å². The van der Waals surface area contributed by atoms with Gasteiger partial charge in [-0.05, 0) is 34.5 Å². The maximum Gasteiger partial charge on any atom is 0.250 e. The van der Waals surface area contributed by atoms with Crippen LogP contribution >= 0.6 is 11.6 Å². The van der Waals surface area contributed by atoms with Crippen LogP contribution in [0.3, 0.4) is 0 Å². The highest BCUT2D eigenvalue weighted by Crippen LogP contribution is 2.28. The van der Waals surface area contributed by atoms with Crippen molar-refractivity contribution in [3.63, 3.8) is 0 Å². The molecule has 4 rings (SSSR count). The number of carbonyl (C=O) groups excluding carboxylic acids is 1. The molecule has 0 aliphatic carbocycles. The van der Waals surface area contributed by atoms with E-state index in [1.807, 2.05) is 28.8 Å². The molecule has 1 aromatic heterocycles. The van der Waals surface area contributed by atoms with Gasteiger partial charge in [-0.25, -0.2) is 4.39 Å². The van der Waals surface area contributed by atoms with Crippen LogP contribution in [-0.4, -0.2) is 10.5 Å². The number of hydrogen-bond acceptors (Lipinski definition) is 1. The topological polar surface area (TPSA) is 48.0 Å². The highest BCUT2D eigenvalue weighted by atomic mass is 35.5. The Hall–Kier alpha value is -2.85. The van der Waals surface area contributed by atoms with Gasteiger partial charge in [0.15, 0.2) is 0 Å². The van der Waals surface area contributed by atoms with Crippen molar-refractivity contribution in [1.82, 2.24) is 4.57 Å². The smallest absolute Gasteiger partial charge is 0.250 e. The first-order valence-electron chi connectivity index (χ1n) is 7.78. The first-order valence-corrected chi connectivity index (χ1v) is 8.16. The Bertz CT molecular complexity index is 1130. The molecule has 3 aromatic carbocycles. The molecule has 0 unspecified atom stereocenters. The van der Waals surface area contributed by atoms with Crippen molar-refractivity contribution in [2.45, 2.75) is 6.54 Å². The lowest BCUT2D eigenvalue weighted by molar-refractivity contribution is 0.100. The number of aromatic nitrogens is 1. The van der Waals surface area contributed by atoms with E-state index in [9.17, 15) is 9.18 Å². The summed E-state index contributed by atoms with van der Waals surface area (Å²) in [4.78, 5) is 11.7. The first kappa shape index (κ1) is 15.7. The molecule has 25 heavy (non-hydrogen) atoms. The molecule has 3 nitrogen and oxygen atoms in total. The van der Waals surface area contributed by atoms with Crippen LogP contribution in [0.15, 0.2) is 60.8 Å². The summed E-state index contributed by atoms with van der Waals surface area (Å²) in [5.74, 6) is -1.16. The second-order valence-corrected chi connectivity index (χ2v) is 6.41. The predicted octanol–water partition coefficient (Wildman–Crippen LogP) is 4.73. The number of fused-ring (bicyclic) bond motifs is 2. The van der Waals surface area contributed by atoms with Crippen molar-refractivity contribution >= 4 is 39.2 Å². The molecule has 1 amide bonds. The highest BCUT2D eigenvalue weighted by Gasteiger charge is 2.15. The van der Waals surface area contributed by atoms with Crippen LogP contribution < -0.4 is 5.73 Å². The standard InChI is InChI=1S/C20H14ClFN2O/c21-17-9-19-15(8-18(17)22)16(20(23)25)11-24(19)10-12-5-6-13-3-1-2-4-14(13)7-12/h1-9,11H,10H2,(H2,23,25). The van der Waals surface area contributed by atoms with Crippen molar-refractivity contribution in [2.24, 2.45) is 5.73 Å². The van der Waals surface area contributed by atoms with E-state index < -0.39 is 11.7 Å². The van der Waals surface area contributed by atoms with Crippen molar-refractivity contribution in [3.05, 3.63) is 82.8 Å². The number of nitrogens with zero attached hydrogens (tertiary/aromatic N) is 1. The number of benzene rings is 3. The molecule has 5 heteroatoms. The van der Waals surface area contributed by atoms with Gasteiger partial charge in [-0.15, -0.1) is 0 Å². The van der Waals surface area contributed by atoms with E-state index in [1.165, 1.54) is 12.1 Å². The molecule has 0 atom stereocenters. The number of nitrogens with two attached hydrogens (primary N) is 1. The molecule has 124 valence electrons. The molecule has 0 aliphatic heterocycles. The summed E-state index contributed by atoms with van der Waals surface area (Å²) in [7, 11) is 0. The van der Waals surface area contributed by atoms with Gasteiger partial charge in [0.05, 0.1) is 16.1 Å². The van der Waals surface area contributed by atoms with Gasteiger partial charge < -0.3 is 10.3 Å². The van der Waals surface area contributed by atoms with Crippen molar-refractivity contribution in [2.75, 3.05) is 0 Å². The van der Waals surface area contributed by atoms with Gasteiger partial charge in [0, 0.05) is 18.1 Å². The molecule has 0 saturated heterocycles. The van der Waals surface area contributed by atoms with Crippen LogP contribution in [0.4, 0.5) is 4.39 Å². The fourth-order valence-electron chi connectivity index (χ4n) is 3.15. The monoisotopic (exact) mass is 352 g/mol. The Morgan fingerprint density at radius 3 is 2.60 bits per heavy atom. The normalized spacial score (nSPS) is 11.3. The zero-order valence-electron chi connectivity index (χ0n) is 13.2. The van der Waals surface area contributed by atoms with Crippen molar-refractivity contribution < 1.29 is 9.18 Å². The van der Waals surface area contributed by atoms with Gasteiger partial charge in [0.1, 0.15) is 5.82 Å². The van der Waals surface area contributed by atoms with Gasteiger partial charge in [-0.2, -0.15) is 0 Å². The van der Waals surface area contributed by atoms with Crippen LogP contribution in [-0.2, 0) is 6.54 Å². The lowest BCUT2D eigenvalue weighted by atomic mass is 10.1. The first-order chi connectivity index (χ1) is 12.0. The van der Waals surface area contributed by atoms with Gasteiger partial charge in [0.2, 0.25) is 0 Å². The van der Waals surface area contributed by atoms with Gasteiger partial charge >= 0.3 is 0 Å². The Morgan fingerprint density at radius 1 is 1.08 bits per heavy atom. The molecule has 1 heterocycles. The van der Waals surface area contributed by atoms with E-state index >= 15 is 0 Å². The number of halogens is 2. The Balaban J connectivity index is 1.85. The zero-order chi connectivity index (χ0) is 17.6. The van der Waals surface area contributed by atoms with Gasteiger partial charge in [-0.1, -0.05) is 48.0 Å². The minimum Gasteiger partial charge on any atom is -0.366 e. The predicted molar refractivity (Wildman–Crippen MR) is 98.5 cm³/mol. The fraction of sp³-hybridized carbons (Fsp3) is 0.0500. The maximum atomic E-state index is 13.8. The number of primary amides is 1. The molecule has 0 aliphatic rings. The highest BCUT2D eigenvalue weighted by molar-refractivity contribution is 6.31. The SMILES string of the molecule is NC(=O)c1cn(Cc2ccc3ccccc3c2)c2cc(Cl)c(F)cc12. The molecule has 0 saturated carbocycles. The van der Waals surface area contributed by atoms with E-state index in [4.69, 9.17) is 17.3 Å². The van der Waals surface area contributed by atoms with Crippen molar-refractivity contribution in [3.8, 4) is 0 Å². The Labute approximate surface area is 148 Å². The van der Waals surface area contributed by atoms with Gasteiger partial charge in [-0.3, -0.25) is 4.79 Å². The van der Waals surface area contributed by atoms with Gasteiger partial charge in [0.25, 0.3) is 5.91 Å². The van der Waals surface area contributed by atoms with E-state index in [0.29, 0.717) is 17.4 Å². The minimum absolute atomic E-state index is 0.0152. The Morgan fingerprint density at radius 2 is 1.84 bits per heavy atom. The molecular weight excluding hydrogens is 339 g/mol. The lowest BCUT2D eigenvalue weighted by Crippen LogP contribution is -2.10. The van der Waals surface area contributed by atoms with Crippen LogP contribution in [0.2, 0.25) is 5.02 Å². The molecule has 0 radical (unpaired) electrons. The summed E-state index contributed by atoms with van der Waals surface area (Å²) in [5, 5.41) is 2.78. The van der Waals surface area contributed by atoms with E-state index in [2.05, 4.69) is 18.2 Å². The fourth-order valence-corrected chi connectivity index (χ4v) is 3.30. The number of rotatable bonds is 3. The average molecular weight is 353 g/mol. The quantitative estimate of drug-likeness (QED) is 0.569. The molecule has 0 fully saturated rings. The van der Waals surface area contributed by atoms with Crippen LogP contribution in [0.1, 0.15) is 15.9 Å². The minimum atomic E-state index is -0.594. The largest absolute Gasteiger partial charge is 0.366 e. The molecule has 2 N–H and O–H groups in total. The third kappa shape index (κ3) is 2.75. The van der Waals surface area contributed by atoms with E-state index in [0.717, 1.165) is 16.3 Å². The molecule has 4 aromatic rings. The number of carbonyl (C=O) groups is 1. The summed E-state index contributed by atoms with van der Waals surface area (Å²) >= 11 is 5.93. The second kappa shape index (κ2) is 5.90. The summed E-state index contributed by atoms with van der Waals surface area (Å²) < 4.78 is 15.7. The summed E-state index contributed by atoms with van der Waals surface area (Å²) in [6, 6.07) is 17.1. The zero-order valence-corrected chi connectivity index (χ0v) is 13.9. The van der Waals surface area contributed by atoms with E-state index in [1.54, 1.807) is 6.20 Å². The maximum absolute atomic E-state index is 13.8. The number of hydrogen-bond donors (Lipinski definition) is 1. The summed E-state index contributed by atoms with van der Waals surface area (Å²) in [5.41, 5.74) is 7.46.